The van der Waals surface area contributed by atoms with Gasteiger partial charge in [0.1, 0.15) is 0 Å². The van der Waals surface area contributed by atoms with E-state index in [-0.39, 0.29) is 6.04 Å². The maximum atomic E-state index is 5.74. The average molecular weight is 371 g/mol. The third-order valence-corrected chi connectivity index (χ3v) is 4.75. The molecular weight excluding hydrogens is 352 g/mol. The van der Waals surface area contributed by atoms with Crippen molar-refractivity contribution >= 4 is 27.7 Å². The van der Waals surface area contributed by atoms with Crippen molar-refractivity contribution in [2.24, 2.45) is 5.84 Å². The first-order valence-electron chi connectivity index (χ1n) is 6.60. The standard InChI is InChI=1S/C14H19BrN4OS/c1-20-8-7-19-14(12(15)9-17-19)13(18-16)10-21-11-5-3-2-4-6-11/h2-6,9,13,18H,7-8,10,16H2,1H3. The van der Waals surface area contributed by atoms with Gasteiger partial charge in [-0.3, -0.25) is 16.0 Å². The average Bonchev–Trinajstić information content (AvgIpc) is 2.88. The first kappa shape index (κ1) is 16.5. The van der Waals surface area contributed by atoms with Gasteiger partial charge in [-0.2, -0.15) is 5.10 Å². The molecular formula is C14H19BrN4OS. The molecule has 7 heteroatoms. The number of nitrogens with zero attached hydrogens (tertiary/aromatic N) is 2. The van der Waals surface area contributed by atoms with Gasteiger partial charge < -0.3 is 4.74 Å². The predicted octanol–water partition coefficient (Wildman–Crippen LogP) is 2.59. The van der Waals surface area contributed by atoms with E-state index in [4.69, 9.17) is 10.6 Å². The Morgan fingerprint density at radius 3 is 2.86 bits per heavy atom. The first-order chi connectivity index (χ1) is 10.3. The number of ether oxygens (including phenoxy) is 1. The van der Waals surface area contributed by atoms with Gasteiger partial charge in [-0.25, -0.2) is 0 Å². The second-order valence-electron chi connectivity index (χ2n) is 4.44. The highest BCUT2D eigenvalue weighted by atomic mass is 79.9. The van der Waals surface area contributed by atoms with Crippen molar-refractivity contribution in [1.29, 1.82) is 0 Å². The number of aromatic nitrogens is 2. The van der Waals surface area contributed by atoms with E-state index in [0.29, 0.717) is 13.2 Å². The van der Waals surface area contributed by atoms with E-state index in [2.05, 4.69) is 38.6 Å². The number of benzene rings is 1. The van der Waals surface area contributed by atoms with Crippen LogP contribution in [-0.2, 0) is 11.3 Å². The Morgan fingerprint density at radius 2 is 2.19 bits per heavy atom. The lowest BCUT2D eigenvalue weighted by Crippen LogP contribution is -2.32. The number of nitrogens with one attached hydrogen (secondary N) is 1. The number of thioether (sulfide) groups is 1. The van der Waals surface area contributed by atoms with Crippen LogP contribution in [0.3, 0.4) is 0 Å². The van der Waals surface area contributed by atoms with Crippen molar-refractivity contribution in [2.75, 3.05) is 19.5 Å². The highest BCUT2D eigenvalue weighted by molar-refractivity contribution is 9.10. The van der Waals surface area contributed by atoms with E-state index in [1.807, 2.05) is 22.9 Å². The molecule has 2 rings (SSSR count). The fourth-order valence-electron chi connectivity index (χ4n) is 1.98. The lowest BCUT2D eigenvalue weighted by Gasteiger charge is -2.18. The molecule has 0 aliphatic rings. The number of rotatable bonds is 8. The van der Waals surface area contributed by atoms with Crippen LogP contribution in [0.15, 0.2) is 45.9 Å². The number of halogens is 1. The van der Waals surface area contributed by atoms with Gasteiger partial charge in [-0.1, -0.05) is 18.2 Å². The number of nitrogens with two attached hydrogens (primary N) is 1. The summed E-state index contributed by atoms with van der Waals surface area (Å²) < 4.78 is 7.99. The second kappa shape index (κ2) is 8.55. The molecule has 1 heterocycles. The zero-order chi connectivity index (χ0) is 15.1. The Kier molecular flexibility index (Phi) is 6.72. The molecule has 0 aliphatic carbocycles. The monoisotopic (exact) mass is 370 g/mol. The minimum atomic E-state index is 0.00365. The smallest absolute Gasteiger partial charge is 0.0734 e. The number of hydrogen-bond donors (Lipinski definition) is 2. The molecule has 1 aromatic heterocycles. The van der Waals surface area contributed by atoms with Gasteiger partial charge in [0, 0.05) is 17.8 Å². The molecule has 0 amide bonds. The fourth-order valence-corrected chi connectivity index (χ4v) is 3.51. The summed E-state index contributed by atoms with van der Waals surface area (Å²) in [4.78, 5) is 1.22. The summed E-state index contributed by atoms with van der Waals surface area (Å²) in [7, 11) is 1.68. The predicted molar refractivity (Wildman–Crippen MR) is 89.0 cm³/mol. The Labute approximate surface area is 137 Å². The number of methoxy groups -OCH3 is 1. The van der Waals surface area contributed by atoms with Crippen LogP contribution in [0.4, 0.5) is 0 Å². The number of hydrogen-bond acceptors (Lipinski definition) is 5. The molecule has 1 atom stereocenters. The molecule has 0 fully saturated rings. The highest BCUT2D eigenvalue weighted by Crippen LogP contribution is 2.28. The quantitative estimate of drug-likeness (QED) is 0.424. The zero-order valence-corrected chi connectivity index (χ0v) is 14.2. The van der Waals surface area contributed by atoms with Crippen LogP contribution in [0.5, 0.6) is 0 Å². The van der Waals surface area contributed by atoms with E-state index in [0.717, 1.165) is 15.9 Å². The van der Waals surface area contributed by atoms with Crippen LogP contribution < -0.4 is 11.3 Å². The van der Waals surface area contributed by atoms with Gasteiger partial charge in [0.15, 0.2) is 0 Å². The Bertz CT molecular complexity index is 549. The molecule has 5 nitrogen and oxygen atoms in total. The zero-order valence-electron chi connectivity index (χ0n) is 11.8. The molecule has 3 N–H and O–H groups in total. The molecule has 0 bridgehead atoms. The first-order valence-corrected chi connectivity index (χ1v) is 8.38. The van der Waals surface area contributed by atoms with E-state index in [1.165, 1.54) is 4.90 Å². The topological polar surface area (TPSA) is 65.1 Å². The summed E-state index contributed by atoms with van der Waals surface area (Å²) in [6, 6.07) is 10.3. The van der Waals surface area contributed by atoms with Crippen molar-refractivity contribution in [3.05, 3.63) is 46.7 Å². The van der Waals surface area contributed by atoms with Crippen molar-refractivity contribution < 1.29 is 4.74 Å². The van der Waals surface area contributed by atoms with Gasteiger partial charge in [-0.05, 0) is 28.1 Å². The van der Waals surface area contributed by atoms with Crippen LogP contribution in [0.25, 0.3) is 0 Å². The summed E-state index contributed by atoms with van der Waals surface area (Å²) in [5, 5.41) is 4.36. The van der Waals surface area contributed by atoms with Crippen molar-refractivity contribution in [1.82, 2.24) is 15.2 Å². The van der Waals surface area contributed by atoms with Crippen LogP contribution in [0.1, 0.15) is 11.7 Å². The van der Waals surface area contributed by atoms with E-state index in [9.17, 15) is 0 Å². The molecule has 0 spiro atoms. The molecule has 0 saturated heterocycles. The third kappa shape index (κ3) is 4.55. The van der Waals surface area contributed by atoms with Gasteiger partial charge in [-0.15, -0.1) is 11.8 Å². The fraction of sp³-hybridized carbons (Fsp3) is 0.357. The maximum Gasteiger partial charge on any atom is 0.0734 e. The number of hydrazine groups is 1. The molecule has 0 aliphatic heterocycles. The van der Waals surface area contributed by atoms with Gasteiger partial charge >= 0.3 is 0 Å². The van der Waals surface area contributed by atoms with Crippen LogP contribution in [0.2, 0.25) is 0 Å². The van der Waals surface area contributed by atoms with Gasteiger partial charge in [0.2, 0.25) is 0 Å². The summed E-state index contributed by atoms with van der Waals surface area (Å²) >= 11 is 5.30. The van der Waals surface area contributed by atoms with Crippen LogP contribution >= 0.6 is 27.7 Å². The largest absolute Gasteiger partial charge is 0.383 e. The Morgan fingerprint density at radius 1 is 1.43 bits per heavy atom. The second-order valence-corrected chi connectivity index (χ2v) is 6.38. The van der Waals surface area contributed by atoms with E-state index in [1.54, 1.807) is 25.1 Å². The lowest BCUT2D eigenvalue weighted by molar-refractivity contribution is 0.181. The molecule has 2 aromatic rings. The molecule has 0 radical (unpaired) electrons. The highest BCUT2D eigenvalue weighted by Gasteiger charge is 2.19. The van der Waals surface area contributed by atoms with E-state index >= 15 is 0 Å². The van der Waals surface area contributed by atoms with Crippen LogP contribution in [-0.4, -0.2) is 29.3 Å². The Balaban J connectivity index is 2.08. The van der Waals surface area contributed by atoms with Crippen molar-refractivity contribution in [3.8, 4) is 0 Å². The van der Waals surface area contributed by atoms with Gasteiger partial charge in [0.25, 0.3) is 0 Å². The van der Waals surface area contributed by atoms with Crippen molar-refractivity contribution in [3.63, 3.8) is 0 Å². The minimum absolute atomic E-state index is 0.00365. The summed E-state index contributed by atoms with van der Waals surface area (Å²) in [6.07, 6.45) is 1.79. The summed E-state index contributed by atoms with van der Waals surface area (Å²) in [5.74, 6) is 6.56. The third-order valence-electron chi connectivity index (χ3n) is 3.03. The lowest BCUT2D eigenvalue weighted by atomic mass is 10.2. The SMILES string of the molecule is COCCn1ncc(Br)c1C(CSc1ccccc1)NN. The molecule has 0 saturated carbocycles. The molecule has 1 unspecified atom stereocenters. The summed E-state index contributed by atoms with van der Waals surface area (Å²) in [6.45, 7) is 1.32. The van der Waals surface area contributed by atoms with Crippen molar-refractivity contribution in [2.45, 2.75) is 17.5 Å². The molecule has 114 valence electrons. The van der Waals surface area contributed by atoms with Crippen LogP contribution in [0, 0.1) is 0 Å². The normalized spacial score (nSPS) is 12.5. The summed E-state index contributed by atoms with van der Waals surface area (Å²) in [5.41, 5.74) is 3.92. The molecule has 21 heavy (non-hydrogen) atoms. The van der Waals surface area contributed by atoms with Gasteiger partial charge in [0.05, 0.1) is 35.6 Å². The van der Waals surface area contributed by atoms with E-state index < -0.39 is 0 Å². The minimum Gasteiger partial charge on any atom is -0.383 e. The Hall–Kier alpha value is -0.860. The maximum absolute atomic E-state index is 5.74. The molecule has 1 aromatic carbocycles.